The van der Waals surface area contributed by atoms with Crippen molar-refractivity contribution in [2.75, 3.05) is 11.9 Å². The number of rotatable bonds is 6. The first-order chi connectivity index (χ1) is 15.3. The Balaban J connectivity index is 2.01. The van der Waals surface area contributed by atoms with Crippen molar-refractivity contribution in [1.29, 1.82) is 0 Å². The second-order valence-electron chi connectivity index (χ2n) is 9.02. The molecule has 0 aliphatic carbocycles. The van der Waals surface area contributed by atoms with Crippen LogP contribution in [-0.2, 0) is 10.3 Å². The van der Waals surface area contributed by atoms with Crippen LogP contribution < -0.4 is 10.6 Å². The van der Waals surface area contributed by atoms with Crippen molar-refractivity contribution in [3.05, 3.63) is 71.1 Å². The van der Waals surface area contributed by atoms with Crippen LogP contribution >= 0.6 is 0 Å². The average molecular weight is 434 g/mol. The number of anilines is 1. The van der Waals surface area contributed by atoms with E-state index in [1.165, 1.54) is 0 Å². The third-order valence-corrected chi connectivity index (χ3v) is 6.71. The lowest BCUT2D eigenvalue weighted by atomic mass is 9.69. The first-order valence-electron chi connectivity index (χ1n) is 11.1. The largest absolute Gasteiger partial charge is 0.395 e. The van der Waals surface area contributed by atoms with Crippen LogP contribution in [0.1, 0.15) is 43.4 Å². The minimum atomic E-state index is -0.814. The third-order valence-electron chi connectivity index (χ3n) is 6.71. The van der Waals surface area contributed by atoms with Crippen molar-refractivity contribution in [2.24, 2.45) is 11.8 Å². The summed E-state index contributed by atoms with van der Waals surface area (Å²) in [4.78, 5) is 13.2. The molecule has 0 spiro atoms. The number of benzene rings is 2. The maximum Gasteiger partial charge on any atom is 0.229 e. The predicted molar refractivity (Wildman–Crippen MR) is 125 cm³/mol. The molecule has 6 heteroatoms. The predicted octanol–water partition coefficient (Wildman–Crippen LogP) is 4.40. The number of nitrogens with one attached hydrogen (secondary N) is 2. The van der Waals surface area contributed by atoms with Crippen LogP contribution in [0.4, 0.5) is 5.69 Å². The highest BCUT2D eigenvalue weighted by molar-refractivity contribution is 5.98. The molecular formula is C26H31N3O3. The molecule has 0 saturated carbocycles. The van der Waals surface area contributed by atoms with Crippen LogP contribution in [0.25, 0.3) is 11.1 Å². The number of nitrogens with zero attached hydrogens (tertiary/aromatic N) is 1. The Morgan fingerprint density at radius 1 is 1.19 bits per heavy atom. The molecule has 2 heterocycles. The van der Waals surface area contributed by atoms with Crippen LogP contribution in [0.2, 0.25) is 0 Å². The zero-order valence-corrected chi connectivity index (χ0v) is 19.3. The minimum absolute atomic E-state index is 0.0283. The summed E-state index contributed by atoms with van der Waals surface area (Å²) in [7, 11) is 0. The SMILES string of the molecule is Cc1noc(C)c1-c1ccc2c(c1)C(NC(CO)C(C)C)(c1ccccc1)C(C)C(=O)N2. The highest BCUT2D eigenvalue weighted by atomic mass is 16.5. The Bertz CT molecular complexity index is 1100. The van der Waals surface area contributed by atoms with E-state index in [1.54, 1.807) is 0 Å². The number of hydrogen-bond donors (Lipinski definition) is 3. The summed E-state index contributed by atoms with van der Waals surface area (Å²) in [5, 5.41) is 21.1. The van der Waals surface area contributed by atoms with Gasteiger partial charge in [-0.3, -0.25) is 10.1 Å². The standard InChI is InChI=1S/C26H31N3O3/c1-15(2)23(14-30)28-26(20-9-7-6-8-10-20)16(3)25(31)27-22-12-11-19(13-21(22)26)24-17(4)29-32-18(24)5/h6-13,15-16,23,28,30H,14H2,1-5H3,(H,27,31). The fraction of sp³-hybridized carbons (Fsp3) is 0.385. The molecule has 0 bridgehead atoms. The van der Waals surface area contributed by atoms with Crippen LogP contribution in [0.5, 0.6) is 0 Å². The van der Waals surface area contributed by atoms with Crippen LogP contribution in [-0.4, -0.2) is 28.8 Å². The second-order valence-corrected chi connectivity index (χ2v) is 9.02. The summed E-state index contributed by atoms with van der Waals surface area (Å²) in [5.41, 5.74) is 4.67. The van der Waals surface area contributed by atoms with E-state index >= 15 is 0 Å². The zero-order chi connectivity index (χ0) is 23.0. The molecule has 1 aliphatic rings. The van der Waals surface area contributed by atoms with E-state index in [-0.39, 0.29) is 24.5 Å². The Morgan fingerprint density at radius 2 is 1.91 bits per heavy atom. The van der Waals surface area contributed by atoms with Crippen LogP contribution in [0.15, 0.2) is 53.1 Å². The lowest BCUT2D eigenvalue weighted by Gasteiger charge is -2.47. The van der Waals surface area contributed by atoms with Gasteiger partial charge in [-0.25, -0.2) is 0 Å². The molecule has 0 saturated heterocycles. The van der Waals surface area contributed by atoms with Gasteiger partial charge in [-0.1, -0.05) is 62.3 Å². The van der Waals surface area contributed by atoms with Gasteiger partial charge in [-0.2, -0.15) is 0 Å². The van der Waals surface area contributed by atoms with Gasteiger partial charge in [-0.15, -0.1) is 0 Å². The molecule has 0 fully saturated rings. The van der Waals surface area contributed by atoms with Gasteiger partial charge >= 0.3 is 0 Å². The number of aryl methyl sites for hydroxylation is 2. The summed E-state index contributed by atoms with van der Waals surface area (Å²) in [5.74, 6) is 0.459. The maximum absolute atomic E-state index is 13.2. The lowest BCUT2D eigenvalue weighted by Crippen LogP contribution is -2.60. The highest BCUT2D eigenvalue weighted by Gasteiger charge is 2.49. The van der Waals surface area contributed by atoms with E-state index in [9.17, 15) is 9.90 Å². The van der Waals surface area contributed by atoms with E-state index < -0.39 is 11.5 Å². The van der Waals surface area contributed by atoms with Crippen molar-refractivity contribution in [2.45, 2.75) is 46.2 Å². The molecule has 3 aromatic rings. The fourth-order valence-electron chi connectivity index (χ4n) is 4.81. The van der Waals surface area contributed by atoms with E-state index in [2.05, 4.69) is 35.7 Å². The van der Waals surface area contributed by atoms with E-state index in [0.717, 1.165) is 39.4 Å². The molecule has 3 unspecified atom stereocenters. The topological polar surface area (TPSA) is 87.4 Å². The monoisotopic (exact) mass is 433 g/mol. The van der Waals surface area contributed by atoms with Gasteiger partial charge in [0, 0.05) is 22.9 Å². The molecule has 3 N–H and O–H groups in total. The fourth-order valence-corrected chi connectivity index (χ4v) is 4.81. The summed E-state index contributed by atoms with van der Waals surface area (Å²) >= 11 is 0. The van der Waals surface area contributed by atoms with Crippen molar-refractivity contribution < 1.29 is 14.4 Å². The van der Waals surface area contributed by atoms with Gasteiger partial charge in [0.2, 0.25) is 5.91 Å². The highest BCUT2D eigenvalue weighted by Crippen LogP contribution is 2.46. The summed E-state index contributed by atoms with van der Waals surface area (Å²) in [6.45, 7) is 9.89. The molecule has 1 aromatic heterocycles. The Kier molecular flexibility index (Phi) is 5.93. The van der Waals surface area contributed by atoms with Crippen molar-refractivity contribution in [3.8, 4) is 11.1 Å². The first-order valence-corrected chi connectivity index (χ1v) is 11.1. The van der Waals surface area contributed by atoms with Crippen molar-refractivity contribution in [3.63, 3.8) is 0 Å². The third kappa shape index (κ3) is 3.53. The van der Waals surface area contributed by atoms with Crippen LogP contribution in [0, 0.1) is 25.7 Å². The first kappa shape index (κ1) is 22.2. The van der Waals surface area contributed by atoms with E-state index in [0.29, 0.717) is 0 Å². The molecule has 2 aromatic carbocycles. The number of carbonyl (C=O) groups excluding carboxylic acids is 1. The molecule has 3 atom stereocenters. The number of aliphatic hydroxyl groups is 1. The summed E-state index contributed by atoms with van der Waals surface area (Å²) in [6.07, 6.45) is 0. The number of amides is 1. The molecule has 1 aliphatic heterocycles. The molecular weight excluding hydrogens is 402 g/mol. The minimum Gasteiger partial charge on any atom is -0.395 e. The van der Waals surface area contributed by atoms with Crippen LogP contribution in [0.3, 0.4) is 0 Å². The molecule has 1 amide bonds. The lowest BCUT2D eigenvalue weighted by molar-refractivity contribution is -0.122. The number of aliphatic hydroxyl groups excluding tert-OH is 1. The zero-order valence-electron chi connectivity index (χ0n) is 19.3. The Labute approximate surface area is 189 Å². The summed E-state index contributed by atoms with van der Waals surface area (Å²) < 4.78 is 5.41. The molecule has 168 valence electrons. The molecule has 6 nitrogen and oxygen atoms in total. The molecule has 32 heavy (non-hydrogen) atoms. The Morgan fingerprint density at radius 3 is 2.50 bits per heavy atom. The number of fused-ring (bicyclic) bond motifs is 1. The maximum atomic E-state index is 13.2. The van der Waals surface area contributed by atoms with E-state index in [4.69, 9.17) is 4.52 Å². The number of carbonyl (C=O) groups is 1. The van der Waals surface area contributed by atoms with Gasteiger partial charge in [0.05, 0.1) is 23.8 Å². The van der Waals surface area contributed by atoms with Gasteiger partial charge in [0.15, 0.2) is 0 Å². The van der Waals surface area contributed by atoms with Gasteiger partial charge in [0.25, 0.3) is 0 Å². The van der Waals surface area contributed by atoms with Gasteiger partial charge in [0.1, 0.15) is 5.76 Å². The molecule has 0 radical (unpaired) electrons. The van der Waals surface area contributed by atoms with Gasteiger partial charge < -0.3 is 14.9 Å². The van der Waals surface area contributed by atoms with Crippen molar-refractivity contribution in [1.82, 2.24) is 10.5 Å². The Hall–Kier alpha value is -2.96. The number of hydrogen-bond acceptors (Lipinski definition) is 5. The van der Waals surface area contributed by atoms with Gasteiger partial charge in [-0.05, 0) is 43.0 Å². The van der Waals surface area contributed by atoms with Crippen molar-refractivity contribution >= 4 is 11.6 Å². The molecule has 4 rings (SSSR count). The smallest absolute Gasteiger partial charge is 0.229 e. The summed E-state index contributed by atoms with van der Waals surface area (Å²) in [6, 6.07) is 15.9. The average Bonchev–Trinajstić information content (AvgIpc) is 3.12. The second kappa shape index (κ2) is 8.52. The number of aromatic nitrogens is 1. The quantitative estimate of drug-likeness (QED) is 0.536. The normalized spacial score (nSPS) is 21.3. The van der Waals surface area contributed by atoms with E-state index in [1.807, 2.05) is 63.2 Å².